The van der Waals surface area contributed by atoms with Crippen molar-refractivity contribution in [3.63, 3.8) is 0 Å². The standard InChI is InChI=1S/C16H15N3O2/c1-11-12(2)19(10-17-11)15-5-3-14(4-6-15)18-16(20)13-7-8-21-9-13/h3-10H,1-2H3,(H,18,20). The molecule has 0 spiro atoms. The summed E-state index contributed by atoms with van der Waals surface area (Å²) in [5.74, 6) is -0.189. The Kier molecular flexibility index (Phi) is 3.31. The highest BCUT2D eigenvalue weighted by atomic mass is 16.3. The largest absolute Gasteiger partial charge is 0.472 e. The quantitative estimate of drug-likeness (QED) is 0.801. The molecule has 2 aromatic heterocycles. The molecule has 0 radical (unpaired) electrons. The molecule has 5 nitrogen and oxygen atoms in total. The molecule has 3 aromatic rings. The summed E-state index contributed by atoms with van der Waals surface area (Å²) in [4.78, 5) is 16.2. The third kappa shape index (κ3) is 2.58. The van der Waals surface area contributed by atoms with Crippen LogP contribution in [0.1, 0.15) is 21.7 Å². The molecule has 21 heavy (non-hydrogen) atoms. The number of benzene rings is 1. The molecule has 0 atom stereocenters. The van der Waals surface area contributed by atoms with Crippen molar-refractivity contribution in [2.45, 2.75) is 13.8 Å². The third-order valence-corrected chi connectivity index (χ3v) is 3.44. The molecule has 0 saturated carbocycles. The average molecular weight is 281 g/mol. The van der Waals surface area contributed by atoms with Gasteiger partial charge in [-0.05, 0) is 44.2 Å². The number of imidazole rings is 1. The highest BCUT2D eigenvalue weighted by molar-refractivity contribution is 6.03. The number of nitrogens with zero attached hydrogens (tertiary/aromatic N) is 2. The Labute approximate surface area is 122 Å². The second-order valence-electron chi connectivity index (χ2n) is 4.80. The maximum atomic E-state index is 11.9. The van der Waals surface area contributed by atoms with E-state index in [1.165, 1.54) is 12.5 Å². The summed E-state index contributed by atoms with van der Waals surface area (Å²) in [5, 5.41) is 2.82. The van der Waals surface area contributed by atoms with E-state index in [0.29, 0.717) is 5.56 Å². The van der Waals surface area contributed by atoms with E-state index in [9.17, 15) is 4.79 Å². The first kappa shape index (κ1) is 13.2. The summed E-state index contributed by atoms with van der Waals surface area (Å²) >= 11 is 0. The number of aromatic nitrogens is 2. The SMILES string of the molecule is Cc1ncn(-c2ccc(NC(=O)c3ccoc3)cc2)c1C. The van der Waals surface area contributed by atoms with Gasteiger partial charge in [-0.25, -0.2) is 4.98 Å². The van der Waals surface area contributed by atoms with Crippen molar-refractivity contribution < 1.29 is 9.21 Å². The summed E-state index contributed by atoms with van der Waals surface area (Å²) in [6.07, 6.45) is 4.69. The number of nitrogens with one attached hydrogen (secondary N) is 1. The summed E-state index contributed by atoms with van der Waals surface area (Å²) in [5.41, 5.74) is 4.35. The van der Waals surface area contributed by atoms with Gasteiger partial charge in [0.05, 0.1) is 23.8 Å². The summed E-state index contributed by atoms with van der Waals surface area (Å²) in [6.45, 7) is 4.00. The van der Waals surface area contributed by atoms with Gasteiger partial charge in [-0.3, -0.25) is 4.79 Å². The molecule has 1 aromatic carbocycles. The molecule has 0 aliphatic rings. The van der Waals surface area contributed by atoms with Crippen LogP contribution in [0.25, 0.3) is 5.69 Å². The van der Waals surface area contributed by atoms with Gasteiger partial charge in [0.1, 0.15) is 6.26 Å². The topological polar surface area (TPSA) is 60.1 Å². The van der Waals surface area contributed by atoms with Gasteiger partial charge in [0, 0.05) is 17.1 Å². The third-order valence-electron chi connectivity index (χ3n) is 3.44. The molecule has 0 bridgehead atoms. The minimum Gasteiger partial charge on any atom is -0.472 e. The Hall–Kier alpha value is -2.82. The number of rotatable bonds is 3. The number of hydrogen-bond donors (Lipinski definition) is 1. The highest BCUT2D eigenvalue weighted by Gasteiger charge is 2.08. The van der Waals surface area contributed by atoms with Crippen LogP contribution in [0, 0.1) is 13.8 Å². The Morgan fingerprint density at radius 1 is 1.19 bits per heavy atom. The molecule has 0 unspecified atom stereocenters. The van der Waals surface area contributed by atoms with Gasteiger partial charge in [-0.15, -0.1) is 0 Å². The van der Waals surface area contributed by atoms with Crippen molar-refractivity contribution >= 4 is 11.6 Å². The first-order valence-corrected chi connectivity index (χ1v) is 6.59. The lowest BCUT2D eigenvalue weighted by molar-refractivity contribution is 0.102. The lowest BCUT2D eigenvalue weighted by Crippen LogP contribution is -2.10. The van der Waals surface area contributed by atoms with Crippen LogP contribution in [0.15, 0.2) is 53.6 Å². The van der Waals surface area contributed by atoms with Crippen molar-refractivity contribution in [1.29, 1.82) is 0 Å². The lowest BCUT2D eigenvalue weighted by atomic mass is 10.2. The van der Waals surface area contributed by atoms with E-state index >= 15 is 0 Å². The lowest BCUT2D eigenvalue weighted by Gasteiger charge is -2.08. The van der Waals surface area contributed by atoms with Crippen molar-refractivity contribution in [2.24, 2.45) is 0 Å². The van der Waals surface area contributed by atoms with E-state index in [-0.39, 0.29) is 5.91 Å². The molecule has 0 aliphatic heterocycles. The van der Waals surface area contributed by atoms with Gasteiger partial charge >= 0.3 is 0 Å². The van der Waals surface area contributed by atoms with Gasteiger partial charge in [-0.2, -0.15) is 0 Å². The van der Waals surface area contributed by atoms with E-state index in [1.54, 1.807) is 12.4 Å². The van der Waals surface area contributed by atoms with Crippen LogP contribution in [0.4, 0.5) is 5.69 Å². The number of carbonyl (C=O) groups is 1. The zero-order valence-corrected chi connectivity index (χ0v) is 11.8. The fourth-order valence-electron chi connectivity index (χ4n) is 2.06. The molecule has 106 valence electrons. The minimum atomic E-state index is -0.189. The Balaban J connectivity index is 1.78. The molecule has 2 heterocycles. The smallest absolute Gasteiger partial charge is 0.258 e. The van der Waals surface area contributed by atoms with E-state index in [4.69, 9.17) is 4.42 Å². The summed E-state index contributed by atoms with van der Waals surface area (Å²) in [6, 6.07) is 9.24. The van der Waals surface area contributed by atoms with Gasteiger partial charge in [0.25, 0.3) is 5.91 Å². The number of carbonyl (C=O) groups excluding carboxylic acids is 1. The van der Waals surface area contributed by atoms with Gasteiger partial charge in [0.2, 0.25) is 0 Å². The van der Waals surface area contributed by atoms with E-state index in [1.807, 2.05) is 42.7 Å². The zero-order chi connectivity index (χ0) is 14.8. The number of amides is 1. The normalized spacial score (nSPS) is 10.6. The van der Waals surface area contributed by atoms with Crippen LogP contribution in [-0.2, 0) is 0 Å². The van der Waals surface area contributed by atoms with Crippen LogP contribution in [-0.4, -0.2) is 15.5 Å². The monoisotopic (exact) mass is 281 g/mol. The average Bonchev–Trinajstić information content (AvgIpc) is 3.12. The number of anilines is 1. The van der Waals surface area contributed by atoms with Crippen LogP contribution in [0.3, 0.4) is 0 Å². The van der Waals surface area contributed by atoms with E-state index < -0.39 is 0 Å². The second-order valence-corrected chi connectivity index (χ2v) is 4.80. The number of aryl methyl sites for hydroxylation is 1. The maximum absolute atomic E-state index is 11.9. The molecular weight excluding hydrogens is 266 g/mol. The summed E-state index contributed by atoms with van der Waals surface area (Å²) < 4.78 is 6.91. The molecule has 1 N–H and O–H groups in total. The van der Waals surface area contributed by atoms with E-state index in [2.05, 4.69) is 10.3 Å². The predicted molar refractivity (Wildman–Crippen MR) is 79.7 cm³/mol. The van der Waals surface area contributed by atoms with Gasteiger partial charge < -0.3 is 14.3 Å². The van der Waals surface area contributed by atoms with Gasteiger partial charge in [0.15, 0.2) is 0 Å². The molecule has 0 saturated heterocycles. The van der Waals surface area contributed by atoms with E-state index in [0.717, 1.165) is 22.8 Å². The fourth-order valence-corrected chi connectivity index (χ4v) is 2.06. The van der Waals surface area contributed by atoms with Crippen LogP contribution in [0.5, 0.6) is 0 Å². The molecule has 0 fully saturated rings. The van der Waals surface area contributed by atoms with Crippen molar-refractivity contribution in [1.82, 2.24) is 9.55 Å². The van der Waals surface area contributed by atoms with Crippen LogP contribution in [0.2, 0.25) is 0 Å². The van der Waals surface area contributed by atoms with Crippen LogP contribution < -0.4 is 5.32 Å². The number of hydrogen-bond acceptors (Lipinski definition) is 3. The van der Waals surface area contributed by atoms with Crippen molar-refractivity contribution in [3.05, 3.63) is 66.1 Å². The predicted octanol–water partition coefficient (Wildman–Crippen LogP) is 3.33. The molecule has 1 amide bonds. The molecular formula is C16H15N3O2. The fraction of sp³-hybridized carbons (Fsp3) is 0.125. The minimum absolute atomic E-state index is 0.189. The van der Waals surface area contributed by atoms with Crippen LogP contribution >= 0.6 is 0 Å². The zero-order valence-electron chi connectivity index (χ0n) is 11.8. The second kappa shape index (κ2) is 5.28. The Morgan fingerprint density at radius 2 is 1.95 bits per heavy atom. The first-order chi connectivity index (χ1) is 10.1. The number of furan rings is 1. The van der Waals surface area contributed by atoms with Crippen molar-refractivity contribution in [3.8, 4) is 5.69 Å². The molecule has 0 aliphatic carbocycles. The molecule has 3 rings (SSSR count). The van der Waals surface area contributed by atoms with Gasteiger partial charge in [-0.1, -0.05) is 0 Å². The Morgan fingerprint density at radius 3 is 2.52 bits per heavy atom. The molecule has 5 heteroatoms. The summed E-state index contributed by atoms with van der Waals surface area (Å²) in [7, 11) is 0. The Bertz CT molecular complexity index is 755. The highest BCUT2D eigenvalue weighted by Crippen LogP contribution is 2.17. The first-order valence-electron chi connectivity index (χ1n) is 6.59. The van der Waals surface area contributed by atoms with Crippen molar-refractivity contribution in [2.75, 3.05) is 5.32 Å². The maximum Gasteiger partial charge on any atom is 0.258 e.